The second-order valence-electron chi connectivity index (χ2n) is 10.6. The monoisotopic (exact) mass is 517 g/mol. The molecule has 0 amide bonds. The van der Waals surface area contributed by atoms with Crippen molar-refractivity contribution in [2.24, 2.45) is 0 Å². The van der Waals surface area contributed by atoms with Gasteiger partial charge in [0.15, 0.2) is 11.6 Å². The molecule has 190 valence electrons. The van der Waals surface area contributed by atoms with Gasteiger partial charge in [-0.15, -0.1) is 0 Å². The molecule has 1 atom stereocenters. The van der Waals surface area contributed by atoms with Gasteiger partial charge in [-0.3, -0.25) is 4.57 Å². The summed E-state index contributed by atoms with van der Waals surface area (Å²) in [5.74, 6) is 2.75. The first-order valence-corrected chi connectivity index (χ1v) is 13.7. The highest BCUT2D eigenvalue weighted by Crippen LogP contribution is 2.50. The molecule has 9 rings (SSSR count). The molecule has 0 radical (unpaired) electrons. The summed E-state index contributed by atoms with van der Waals surface area (Å²) < 4.78 is 15.2. The van der Waals surface area contributed by atoms with Crippen LogP contribution in [-0.4, -0.2) is 14.5 Å². The van der Waals surface area contributed by atoms with Crippen molar-refractivity contribution in [1.82, 2.24) is 14.5 Å². The summed E-state index contributed by atoms with van der Waals surface area (Å²) in [6.07, 6.45) is 0.855. The molecule has 0 spiro atoms. The van der Waals surface area contributed by atoms with Crippen molar-refractivity contribution in [3.63, 3.8) is 0 Å². The van der Waals surface area contributed by atoms with Crippen molar-refractivity contribution >= 4 is 43.9 Å². The van der Waals surface area contributed by atoms with Gasteiger partial charge in [-0.1, -0.05) is 91.9 Å². The van der Waals surface area contributed by atoms with Gasteiger partial charge >= 0.3 is 0 Å². The highest BCUT2D eigenvalue weighted by atomic mass is 16.3. The van der Waals surface area contributed by atoms with Crippen LogP contribution < -0.4 is 0 Å². The van der Waals surface area contributed by atoms with Gasteiger partial charge in [0.1, 0.15) is 16.9 Å². The van der Waals surface area contributed by atoms with Gasteiger partial charge in [0.2, 0.25) is 5.71 Å². The quantitative estimate of drug-likeness (QED) is 0.229. The van der Waals surface area contributed by atoms with Gasteiger partial charge in [0, 0.05) is 33.7 Å². The number of fused-ring (bicyclic) bond motifs is 10. The normalized spacial score (nSPS) is 14.8. The number of nitrogens with zero attached hydrogens (tertiary/aromatic N) is 3. The Kier molecular flexibility index (Phi) is 4.31. The molecule has 5 heteroatoms. The van der Waals surface area contributed by atoms with Gasteiger partial charge in [-0.05, 0) is 29.7 Å². The first kappa shape index (κ1) is 21.7. The number of para-hydroxylation sites is 3. The van der Waals surface area contributed by atoms with E-state index in [9.17, 15) is 0 Å². The Labute approximate surface area is 229 Å². The number of benzene rings is 4. The van der Waals surface area contributed by atoms with Crippen molar-refractivity contribution < 1.29 is 8.83 Å². The van der Waals surface area contributed by atoms with E-state index in [1.54, 1.807) is 0 Å². The van der Waals surface area contributed by atoms with Gasteiger partial charge in [0.25, 0.3) is 0 Å². The molecule has 0 aliphatic heterocycles. The fourth-order valence-electron chi connectivity index (χ4n) is 6.59. The van der Waals surface area contributed by atoms with Crippen LogP contribution >= 0.6 is 0 Å². The smallest absolute Gasteiger partial charge is 0.233 e. The van der Waals surface area contributed by atoms with E-state index >= 15 is 0 Å². The van der Waals surface area contributed by atoms with Crippen molar-refractivity contribution in [2.75, 3.05) is 0 Å². The van der Waals surface area contributed by atoms with Crippen LogP contribution in [0, 0.1) is 0 Å². The Morgan fingerprint density at radius 3 is 2.20 bits per heavy atom. The van der Waals surface area contributed by atoms with Gasteiger partial charge in [-0.2, -0.15) is 4.98 Å². The summed E-state index contributed by atoms with van der Waals surface area (Å²) in [5, 5.41) is 4.27. The molecule has 40 heavy (non-hydrogen) atoms. The summed E-state index contributed by atoms with van der Waals surface area (Å²) in [4.78, 5) is 10.3. The average molecular weight is 518 g/mol. The molecule has 1 aliphatic carbocycles. The molecule has 4 aromatic heterocycles. The lowest BCUT2D eigenvalue weighted by Gasteiger charge is -2.21. The molecular weight excluding hydrogens is 494 g/mol. The summed E-state index contributed by atoms with van der Waals surface area (Å²) in [6.45, 7) is 2.30. The van der Waals surface area contributed by atoms with Crippen molar-refractivity contribution in [1.29, 1.82) is 0 Å². The molecule has 0 fully saturated rings. The largest absolute Gasteiger partial charge is 0.460 e. The lowest BCUT2D eigenvalue weighted by atomic mass is 9.85. The number of hydrogen-bond acceptors (Lipinski definition) is 4. The number of hydrogen-bond donors (Lipinski definition) is 0. The van der Waals surface area contributed by atoms with E-state index in [2.05, 4.69) is 60.0 Å². The highest BCUT2D eigenvalue weighted by molar-refractivity contribution is 6.10. The standard InChI is InChI=1S/C35H23N3O2/c1-20-19-28-30(23-14-6-9-17-26(23)39-28)32-29(20)22-13-5-8-16-25(22)38(32)34-31-24-15-7-10-18-27(24)40-35(31)37-33(36-34)21-11-3-2-4-12-21/h2-18,20H,19H2,1H3. The van der Waals surface area contributed by atoms with Crippen molar-refractivity contribution in [3.05, 3.63) is 114 Å². The molecule has 0 saturated carbocycles. The summed E-state index contributed by atoms with van der Waals surface area (Å²) in [6, 6.07) is 35.3. The first-order chi connectivity index (χ1) is 19.8. The fourth-order valence-corrected chi connectivity index (χ4v) is 6.59. The van der Waals surface area contributed by atoms with Crippen LogP contribution in [0.1, 0.15) is 24.2 Å². The number of rotatable bonds is 2. The van der Waals surface area contributed by atoms with Crippen LogP contribution in [0.15, 0.2) is 112 Å². The van der Waals surface area contributed by atoms with Gasteiger partial charge in [-0.25, -0.2) is 4.98 Å². The summed E-state index contributed by atoms with van der Waals surface area (Å²) in [7, 11) is 0. The topological polar surface area (TPSA) is 57.0 Å². The second kappa shape index (κ2) is 7.93. The maximum absolute atomic E-state index is 6.48. The maximum atomic E-state index is 6.48. The molecule has 1 aliphatic rings. The van der Waals surface area contributed by atoms with E-state index in [4.69, 9.17) is 18.8 Å². The van der Waals surface area contributed by atoms with Crippen LogP contribution in [0.3, 0.4) is 0 Å². The third-order valence-corrected chi connectivity index (χ3v) is 8.27. The van der Waals surface area contributed by atoms with E-state index in [1.807, 2.05) is 54.6 Å². The molecule has 8 aromatic rings. The average Bonchev–Trinajstić information content (AvgIpc) is 3.66. The molecule has 0 saturated heterocycles. The van der Waals surface area contributed by atoms with Crippen LogP contribution in [0.4, 0.5) is 0 Å². The first-order valence-electron chi connectivity index (χ1n) is 13.7. The Bertz CT molecular complexity index is 2270. The van der Waals surface area contributed by atoms with Crippen LogP contribution in [-0.2, 0) is 6.42 Å². The SMILES string of the molecule is CC1Cc2oc3ccccc3c2-c2c1c1ccccc1n2-c1nc(-c2ccccc2)nc2oc3ccccc3c12. The number of aromatic nitrogens is 3. The van der Waals surface area contributed by atoms with Crippen LogP contribution in [0.5, 0.6) is 0 Å². The minimum absolute atomic E-state index is 0.279. The third-order valence-electron chi connectivity index (χ3n) is 8.27. The molecule has 4 heterocycles. The molecule has 1 unspecified atom stereocenters. The zero-order valence-electron chi connectivity index (χ0n) is 21.8. The molecular formula is C35H23N3O2. The highest BCUT2D eigenvalue weighted by Gasteiger charge is 2.34. The Morgan fingerprint density at radius 2 is 1.38 bits per heavy atom. The third kappa shape index (κ3) is 2.86. The van der Waals surface area contributed by atoms with Crippen LogP contribution in [0.25, 0.3) is 72.4 Å². The van der Waals surface area contributed by atoms with E-state index in [-0.39, 0.29) is 5.92 Å². The van der Waals surface area contributed by atoms with Gasteiger partial charge < -0.3 is 8.83 Å². The van der Waals surface area contributed by atoms with E-state index in [1.165, 1.54) is 10.9 Å². The Balaban J connectivity index is 1.50. The van der Waals surface area contributed by atoms with Crippen molar-refractivity contribution in [2.45, 2.75) is 19.3 Å². The minimum atomic E-state index is 0.279. The second-order valence-corrected chi connectivity index (χ2v) is 10.6. The molecule has 5 nitrogen and oxygen atoms in total. The van der Waals surface area contributed by atoms with Crippen molar-refractivity contribution in [3.8, 4) is 28.5 Å². The maximum Gasteiger partial charge on any atom is 0.233 e. The molecule has 0 N–H and O–H groups in total. The molecule has 4 aromatic carbocycles. The summed E-state index contributed by atoms with van der Waals surface area (Å²) >= 11 is 0. The Morgan fingerprint density at radius 1 is 0.700 bits per heavy atom. The zero-order chi connectivity index (χ0) is 26.4. The van der Waals surface area contributed by atoms with E-state index in [0.29, 0.717) is 11.5 Å². The zero-order valence-corrected chi connectivity index (χ0v) is 21.8. The van der Waals surface area contributed by atoms with Gasteiger partial charge in [0.05, 0.1) is 16.6 Å². The predicted molar refractivity (Wildman–Crippen MR) is 159 cm³/mol. The lowest BCUT2D eigenvalue weighted by molar-refractivity contribution is 0.524. The number of furan rings is 2. The Hall–Kier alpha value is -5.16. The summed E-state index contributed by atoms with van der Waals surface area (Å²) in [5.41, 5.74) is 7.97. The van der Waals surface area contributed by atoms with E-state index in [0.717, 1.165) is 67.7 Å². The van der Waals surface area contributed by atoms with E-state index < -0.39 is 0 Å². The minimum Gasteiger partial charge on any atom is -0.460 e. The lowest BCUT2D eigenvalue weighted by Crippen LogP contribution is -2.10. The predicted octanol–water partition coefficient (Wildman–Crippen LogP) is 9.06. The van der Waals surface area contributed by atoms with Crippen LogP contribution in [0.2, 0.25) is 0 Å². The molecule has 0 bridgehead atoms. The fraction of sp³-hybridized carbons (Fsp3) is 0.0857.